The first-order chi connectivity index (χ1) is 7.60. The van der Waals surface area contributed by atoms with Gasteiger partial charge in [-0.3, -0.25) is 0 Å². The fourth-order valence-electron chi connectivity index (χ4n) is 1.70. The monoisotopic (exact) mass is 276 g/mol. The molecule has 2 aromatic carbocycles. The van der Waals surface area contributed by atoms with Gasteiger partial charge in [-0.05, 0) is 30.2 Å². The fourth-order valence-corrected chi connectivity index (χ4v) is 1.97. The van der Waals surface area contributed by atoms with Gasteiger partial charge in [-0.1, -0.05) is 58.4 Å². The number of rotatable bonds is 2. The zero-order valence-electron chi connectivity index (χ0n) is 9.02. The first-order valence-electron chi connectivity index (χ1n) is 5.14. The average molecular weight is 277 g/mol. The highest BCUT2D eigenvalue weighted by Gasteiger charge is 2.24. The normalized spacial score (nSPS) is 14.4. The van der Waals surface area contributed by atoms with Crippen molar-refractivity contribution in [2.24, 2.45) is 0 Å². The van der Waals surface area contributed by atoms with Crippen molar-refractivity contribution in [3.8, 4) is 0 Å². The smallest absolute Gasteiger partial charge is 0.112 e. The molecule has 0 saturated heterocycles. The molecule has 2 aromatic rings. The number of benzene rings is 2. The molecular weight excluding hydrogens is 264 g/mol. The van der Waals surface area contributed by atoms with E-state index in [1.807, 2.05) is 61.5 Å². The molecule has 0 bridgehead atoms. The molecule has 0 unspecified atom stereocenters. The molecule has 82 valence electrons. The zero-order chi connectivity index (χ0) is 11.6. The van der Waals surface area contributed by atoms with Crippen LogP contribution in [0.5, 0.6) is 0 Å². The molecule has 0 aromatic heterocycles. The van der Waals surface area contributed by atoms with Crippen molar-refractivity contribution in [3.05, 3.63) is 70.2 Å². The second kappa shape index (κ2) is 4.40. The van der Waals surface area contributed by atoms with Gasteiger partial charge in [0.2, 0.25) is 0 Å². The highest BCUT2D eigenvalue weighted by atomic mass is 79.9. The van der Waals surface area contributed by atoms with Gasteiger partial charge in [0.25, 0.3) is 0 Å². The van der Waals surface area contributed by atoms with Gasteiger partial charge in [0, 0.05) is 4.47 Å². The van der Waals surface area contributed by atoms with Crippen molar-refractivity contribution in [3.63, 3.8) is 0 Å². The predicted octanol–water partition coefficient (Wildman–Crippen LogP) is 3.70. The van der Waals surface area contributed by atoms with Crippen molar-refractivity contribution in [2.45, 2.75) is 12.5 Å². The lowest BCUT2D eigenvalue weighted by molar-refractivity contribution is 0.102. The minimum Gasteiger partial charge on any atom is -0.381 e. The van der Waals surface area contributed by atoms with Crippen molar-refractivity contribution in [1.82, 2.24) is 0 Å². The lowest BCUT2D eigenvalue weighted by Gasteiger charge is -2.24. The molecule has 0 aliphatic rings. The summed E-state index contributed by atoms with van der Waals surface area (Å²) in [5.41, 5.74) is 0.848. The molecule has 0 heterocycles. The third-order valence-corrected chi connectivity index (χ3v) is 3.27. The van der Waals surface area contributed by atoms with Crippen LogP contribution in [0.2, 0.25) is 0 Å². The SMILES string of the molecule is C[C@@](O)(c1ccccc1)c1ccc(Br)cc1. The molecule has 2 heteroatoms. The molecule has 0 aliphatic carbocycles. The largest absolute Gasteiger partial charge is 0.381 e. The van der Waals surface area contributed by atoms with Crippen LogP contribution >= 0.6 is 15.9 Å². The van der Waals surface area contributed by atoms with E-state index in [4.69, 9.17) is 0 Å². The minimum atomic E-state index is -0.942. The third kappa shape index (κ3) is 2.18. The van der Waals surface area contributed by atoms with E-state index < -0.39 is 5.60 Å². The molecular formula is C14H13BrO. The van der Waals surface area contributed by atoms with Crippen molar-refractivity contribution >= 4 is 15.9 Å². The second-order valence-electron chi connectivity index (χ2n) is 3.95. The summed E-state index contributed by atoms with van der Waals surface area (Å²) in [5.74, 6) is 0. The van der Waals surface area contributed by atoms with Gasteiger partial charge in [-0.15, -0.1) is 0 Å². The van der Waals surface area contributed by atoms with Gasteiger partial charge < -0.3 is 5.11 Å². The predicted molar refractivity (Wildman–Crippen MR) is 69.3 cm³/mol. The van der Waals surface area contributed by atoms with Gasteiger partial charge in [0.15, 0.2) is 0 Å². The Bertz CT molecular complexity index is 460. The third-order valence-electron chi connectivity index (χ3n) is 2.74. The second-order valence-corrected chi connectivity index (χ2v) is 4.86. The van der Waals surface area contributed by atoms with Gasteiger partial charge in [-0.25, -0.2) is 0 Å². The minimum absolute atomic E-state index is 0.891. The quantitative estimate of drug-likeness (QED) is 0.887. The van der Waals surface area contributed by atoms with Crippen LogP contribution < -0.4 is 0 Å². The molecule has 1 atom stereocenters. The molecule has 0 saturated carbocycles. The van der Waals surface area contributed by atoms with Crippen molar-refractivity contribution in [1.29, 1.82) is 0 Å². The molecule has 1 N–H and O–H groups in total. The fraction of sp³-hybridized carbons (Fsp3) is 0.143. The van der Waals surface area contributed by atoms with Crippen LogP contribution in [0.1, 0.15) is 18.1 Å². The van der Waals surface area contributed by atoms with Crippen molar-refractivity contribution in [2.75, 3.05) is 0 Å². The van der Waals surface area contributed by atoms with Crippen LogP contribution in [0.25, 0.3) is 0 Å². The van der Waals surface area contributed by atoms with E-state index in [-0.39, 0.29) is 0 Å². The van der Waals surface area contributed by atoms with Crippen molar-refractivity contribution < 1.29 is 5.11 Å². The maximum Gasteiger partial charge on any atom is 0.112 e. The summed E-state index contributed by atoms with van der Waals surface area (Å²) < 4.78 is 1.01. The van der Waals surface area contributed by atoms with Gasteiger partial charge in [0.1, 0.15) is 5.60 Å². The molecule has 0 radical (unpaired) electrons. The maximum absolute atomic E-state index is 10.5. The van der Waals surface area contributed by atoms with Crippen LogP contribution in [-0.4, -0.2) is 5.11 Å². The average Bonchev–Trinajstić information content (AvgIpc) is 2.31. The number of hydrogen-bond donors (Lipinski definition) is 1. The lowest BCUT2D eigenvalue weighted by Crippen LogP contribution is -2.22. The van der Waals surface area contributed by atoms with Crippen LogP contribution in [-0.2, 0) is 5.60 Å². The summed E-state index contributed by atoms with van der Waals surface area (Å²) >= 11 is 3.39. The molecule has 0 fully saturated rings. The Hall–Kier alpha value is -1.12. The number of halogens is 1. The highest BCUT2D eigenvalue weighted by Crippen LogP contribution is 2.29. The summed E-state index contributed by atoms with van der Waals surface area (Å²) in [5, 5.41) is 10.5. The van der Waals surface area contributed by atoms with E-state index in [0.29, 0.717) is 0 Å². The summed E-state index contributed by atoms with van der Waals surface area (Å²) in [6.45, 7) is 1.81. The highest BCUT2D eigenvalue weighted by molar-refractivity contribution is 9.10. The van der Waals surface area contributed by atoms with E-state index in [1.54, 1.807) is 0 Å². The Balaban J connectivity index is 2.43. The first kappa shape index (κ1) is 11.4. The van der Waals surface area contributed by atoms with Gasteiger partial charge in [0.05, 0.1) is 0 Å². The molecule has 16 heavy (non-hydrogen) atoms. The Morgan fingerprint density at radius 3 is 1.94 bits per heavy atom. The van der Waals surface area contributed by atoms with Crippen LogP contribution in [0.4, 0.5) is 0 Å². The van der Waals surface area contributed by atoms with E-state index in [2.05, 4.69) is 15.9 Å². The van der Waals surface area contributed by atoms with E-state index in [0.717, 1.165) is 15.6 Å². The Morgan fingerprint density at radius 2 is 1.38 bits per heavy atom. The molecule has 1 nitrogen and oxygen atoms in total. The molecule has 2 rings (SSSR count). The Kier molecular flexibility index (Phi) is 3.13. The zero-order valence-corrected chi connectivity index (χ0v) is 10.6. The lowest BCUT2D eigenvalue weighted by atomic mass is 9.88. The van der Waals surface area contributed by atoms with Gasteiger partial charge in [-0.2, -0.15) is 0 Å². The summed E-state index contributed by atoms with van der Waals surface area (Å²) in [4.78, 5) is 0. The van der Waals surface area contributed by atoms with Gasteiger partial charge >= 0.3 is 0 Å². The summed E-state index contributed by atoms with van der Waals surface area (Å²) in [6.07, 6.45) is 0. The summed E-state index contributed by atoms with van der Waals surface area (Å²) in [6, 6.07) is 17.4. The number of aliphatic hydroxyl groups is 1. The number of hydrogen-bond acceptors (Lipinski definition) is 1. The standard InChI is InChI=1S/C14H13BrO/c1-14(16,11-5-3-2-4-6-11)12-7-9-13(15)10-8-12/h2-10,16H,1H3/t14-/m1/s1. The first-order valence-corrected chi connectivity index (χ1v) is 5.94. The summed E-state index contributed by atoms with van der Waals surface area (Å²) in [7, 11) is 0. The van der Waals surface area contributed by atoms with Crippen LogP contribution in [0.15, 0.2) is 59.1 Å². The molecule has 0 aliphatic heterocycles. The van der Waals surface area contributed by atoms with E-state index in [9.17, 15) is 5.11 Å². The Labute approximate surface area is 104 Å². The Morgan fingerprint density at radius 1 is 0.875 bits per heavy atom. The van der Waals surface area contributed by atoms with Crippen LogP contribution in [0.3, 0.4) is 0 Å². The topological polar surface area (TPSA) is 20.2 Å². The molecule has 0 spiro atoms. The van der Waals surface area contributed by atoms with Crippen LogP contribution in [0, 0.1) is 0 Å². The maximum atomic E-state index is 10.5. The van der Waals surface area contributed by atoms with E-state index in [1.165, 1.54) is 0 Å². The van der Waals surface area contributed by atoms with E-state index >= 15 is 0 Å². The molecule has 0 amide bonds.